The quantitative estimate of drug-likeness (QED) is 0.630. The molecule has 21 heavy (non-hydrogen) atoms. The zero-order valence-corrected chi connectivity index (χ0v) is 14.8. The van der Waals surface area contributed by atoms with Crippen LogP contribution in [-0.4, -0.2) is 4.98 Å². The Bertz CT molecular complexity index is 711. The van der Waals surface area contributed by atoms with E-state index < -0.39 is 0 Å². The predicted octanol–water partition coefficient (Wildman–Crippen LogP) is 5.79. The minimum absolute atomic E-state index is 0.111. The highest BCUT2D eigenvalue weighted by atomic mass is 14.8. The first-order chi connectivity index (χ1) is 9.46. The molecule has 0 atom stereocenters. The van der Waals surface area contributed by atoms with Gasteiger partial charge in [0.15, 0.2) is 0 Å². The van der Waals surface area contributed by atoms with Gasteiger partial charge >= 0.3 is 0 Å². The first-order valence-corrected chi connectivity index (χ1v) is 8.08. The highest BCUT2D eigenvalue weighted by molar-refractivity contribution is 5.87. The van der Waals surface area contributed by atoms with Crippen molar-refractivity contribution < 1.29 is 0 Å². The lowest BCUT2D eigenvalue weighted by atomic mass is 9.41. The van der Waals surface area contributed by atoms with Crippen LogP contribution in [0.4, 0.5) is 0 Å². The van der Waals surface area contributed by atoms with Gasteiger partial charge < -0.3 is 4.98 Å². The summed E-state index contributed by atoms with van der Waals surface area (Å²) in [6.07, 6.45) is 0. The number of nitrogens with one attached hydrogen (secondary N) is 1. The molecule has 1 N–H and O–H groups in total. The second-order valence-electron chi connectivity index (χ2n) is 8.92. The van der Waals surface area contributed by atoms with Crippen LogP contribution in [0.5, 0.6) is 0 Å². The fraction of sp³-hybridized carbons (Fsp3) is 0.600. The standard InChI is InChI=1S/C20H29N/c1-17(2)15-13-11-9-10-12-14(13)21-16(15)18(3,4)20(7,8)19(17,5)6/h9-12,21H,1-8H3. The van der Waals surface area contributed by atoms with E-state index in [-0.39, 0.29) is 21.7 Å². The van der Waals surface area contributed by atoms with Gasteiger partial charge in [-0.2, -0.15) is 0 Å². The average Bonchev–Trinajstić information content (AvgIpc) is 2.77. The molecule has 1 heterocycles. The van der Waals surface area contributed by atoms with E-state index in [0.717, 1.165) is 0 Å². The maximum absolute atomic E-state index is 3.76. The van der Waals surface area contributed by atoms with Crippen molar-refractivity contribution in [3.8, 4) is 0 Å². The van der Waals surface area contributed by atoms with Crippen LogP contribution in [-0.2, 0) is 10.8 Å². The van der Waals surface area contributed by atoms with Gasteiger partial charge in [-0.1, -0.05) is 73.6 Å². The Morgan fingerprint density at radius 3 is 1.86 bits per heavy atom. The molecule has 2 aromatic rings. The molecule has 0 saturated carbocycles. The number of para-hydroxylation sites is 1. The number of aromatic nitrogens is 1. The molecule has 1 aliphatic carbocycles. The van der Waals surface area contributed by atoms with Crippen LogP contribution in [0, 0.1) is 10.8 Å². The van der Waals surface area contributed by atoms with Crippen LogP contribution >= 0.6 is 0 Å². The molecule has 0 radical (unpaired) electrons. The lowest BCUT2D eigenvalue weighted by molar-refractivity contribution is -0.0448. The van der Waals surface area contributed by atoms with Crippen molar-refractivity contribution in [1.82, 2.24) is 4.98 Å². The molecule has 114 valence electrons. The van der Waals surface area contributed by atoms with Crippen molar-refractivity contribution in [2.24, 2.45) is 10.8 Å². The molecule has 0 unspecified atom stereocenters. The van der Waals surface area contributed by atoms with Crippen LogP contribution < -0.4 is 0 Å². The maximum atomic E-state index is 3.76. The summed E-state index contributed by atoms with van der Waals surface area (Å²) in [5.41, 5.74) is 4.85. The highest BCUT2D eigenvalue weighted by Crippen LogP contribution is 2.66. The number of hydrogen-bond donors (Lipinski definition) is 1. The molecule has 0 saturated heterocycles. The first-order valence-electron chi connectivity index (χ1n) is 8.08. The summed E-state index contributed by atoms with van der Waals surface area (Å²) in [6.45, 7) is 19.4. The average molecular weight is 283 g/mol. The van der Waals surface area contributed by atoms with Crippen LogP contribution in [0.15, 0.2) is 24.3 Å². The minimum Gasteiger partial charge on any atom is -0.358 e. The molecule has 0 fully saturated rings. The Morgan fingerprint density at radius 2 is 1.24 bits per heavy atom. The molecular weight excluding hydrogens is 254 g/mol. The number of rotatable bonds is 0. The summed E-state index contributed by atoms with van der Waals surface area (Å²) in [4.78, 5) is 3.76. The van der Waals surface area contributed by atoms with E-state index in [1.54, 1.807) is 0 Å². The van der Waals surface area contributed by atoms with Gasteiger partial charge in [-0.25, -0.2) is 0 Å². The molecule has 1 aliphatic rings. The molecule has 0 spiro atoms. The van der Waals surface area contributed by atoms with Gasteiger partial charge in [0.2, 0.25) is 0 Å². The summed E-state index contributed by atoms with van der Waals surface area (Å²) in [7, 11) is 0. The van der Waals surface area contributed by atoms with Crippen molar-refractivity contribution in [2.75, 3.05) is 0 Å². The fourth-order valence-electron chi connectivity index (χ4n) is 4.45. The van der Waals surface area contributed by atoms with E-state index in [0.29, 0.717) is 0 Å². The van der Waals surface area contributed by atoms with Gasteiger partial charge in [-0.3, -0.25) is 0 Å². The monoisotopic (exact) mass is 283 g/mol. The molecular formula is C20H29N. The van der Waals surface area contributed by atoms with Gasteiger partial charge in [0.05, 0.1) is 0 Å². The van der Waals surface area contributed by atoms with E-state index in [1.165, 1.54) is 22.2 Å². The molecule has 1 heteroatoms. The number of H-pyrrole nitrogens is 1. The summed E-state index contributed by atoms with van der Waals surface area (Å²) in [5, 5.41) is 1.40. The molecule has 0 amide bonds. The predicted molar refractivity (Wildman–Crippen MR) is 91.9 cm³/mol. The fourth-order valence-corrected chi connectivity index (χ4v) is 4.45. The van der Waals surface area contributed by atoms with Gasteiger partial charge in [0.1, 0.15) is 0 Å². The third-order valence-corrected chi connectivity index (χ3v) is 7.64. The summed E-state index contributed by atoms with van der Waals surface area (Å²) >= 11 is 0. The Labute approximate surface area is 129 Å². The van der Waals surface area contributed by atoms with Gasteiger partial charge in [0, 0.05) is 22.0 Å². The molecule has 0 aliphatic heterocycles. The molecule has 1 nitrogen and oxygen atoms in total. The number of aromatic amines is 1. The van der Waals surface area contributed by atoms with Crippen LogP contribution in [0.3, 0.4) is 0 Å². The Balaban J connectivity index is 2.50. The topological polar surface area (TPSA) is 15.8 Å². The Hall–Kier alpha value is -1.24. The zero-order chi connectivity index (χ0) is 15.8. The van der Waals surface area contributed by atoms with E-state index in [2.05, 4.69) is 84.6 Å². The van der Waals surface area contributed by atoms with Crippen LogP contribution in [0.2, 0.25) is 0 Å². The van der Waals surface area contributed by atoms with Crippen molar-refractivity contribution in [2.45, 2.75) is 66.2 Å². The van der Waals surface area contributed by atoms with Crippen LogP contribution in [0.25, 0.3) is 10.9 Å². The smallest absolute Gasteiger partial charge is 0.0459 e. The van der Waals surface area contributed by atoms with Gasteiger partial charge in [-0.05, 0) is 27.9 Å². The Kier molecular flexibility index (Phi) is 2.62. The first kappa shape index (κ1) is 14.7. The van der Waals surface area contributed by atoms with E-state index >= 15 is 0 Å². The van der Waals surface area contributed by atoms with E-state index in [9.17, 15) is 0 Å². The lowest BCUT2D eigenvalue weighted by Gasteiger charge is -2.63. The molecule has 0 bridgehead atoms. The van der Waals surface area contributed by atoms with Crippen molar-refractivity contribution >= 4 is 10.9 Å². The zero-order valence-electron chi connectivity index (χ0n) is 14.8. The largest absolute Gasteiger partial charge is 0.358 e. The van der Waals surface area contributed by atoms with Crippen molar-refractivity contribution in [3.63, 3.8) is 0 Å². The summed E-state index contributed by atoms with van der Waals surface area (Å²) in [6, 6.07) is 8.77. The van der Waals surface area contributed by atoms with Crippen LogP contribution in [0.1, 0.15) is 66.6 Å². The Morgan fingerprint density at radius 1 is 0.714 bits per heavy atom. The normalized spacial score (nSPS) is 24.8. The van der Waals surface area contributed by atoms with E-state index in [1.807, 2.05) is 0 Å². The second-order valence-corrected chi connectivity index (χ2v) is 8.92. The second kappa shape index (κ2) is 3.74. The molecule has 1 aromatic carbocycles. The number of hydrogen-bond acceptors (Lipinski definition) is 0. The SMILES string of the molecule is CC1(C)c2[nH]c3ccccc3c2C(C)(C)C(C)(C)C1(C)C. The lowest BCUT2D eigenvalue weighted by Crippen LogP contribution is -2.59. The highest BCUT2D eigenvalue weighted by Gasteiger charge is 2.61. The number of fused-ring (bicyclic) bond motifs is 3. The van der Waals surface area contributed by atoms with Crippen molar-refractivity contribution in [3.05, 3.63) is 35.5 Å². The maximum Gasteiger partial charge on any atom is 0.0459 e. The van der Waals surface area contributed by atoms with Gasteiger partial charge in [-0.15, -0.1) is 0 Å². The summed E-state index contributed by atoms with van der Waals surface area (Å²) in [5.74, 6) is 0. The van der Waals surface area contributed by atoms with Gasteiger partial charge in [0.25, 0.3) is 0 Å². The van der Waals surface area contributed by atoms with E-state index in [4.69, 9.17) is 0 Å². The number of benzene rings is 1. The van der Waals surface area contributed by atoms with Crippen molar-refractivity contribution in [1.29, 1.82) is 0 Å². The summed E-state index contributed by atoms with van der Waals surface area (Å²) < 4.78 is 0. The third-order valence-electron chi connectivity index (χ3n) is 7.64. The minimum atomic E-state index is 0.111. The third kappa shape index (κ3) is 1.43. The molecule has 1 aromatic heterocycles. The molecule has 3 rings (SSSR count).